The topological polar surface area (TPSA) is 59.1 Å². The molecule has 2 aliphatic heterocycles. The lowest BCUT2D eigenvalue weighted by molar-refractivity contribution is 0.0354. The van der Waals surface area contributed by atoms with Gasteiger partial charge in [-0.3, -0.25) is 4.90 Å². The van der Waals surface area contributed by atoms with Crippen molar-refractivity contribution in [3.8, 4) is 11.1 Å². The van der Waals surface area contributed by atoms with Crippen LogP contribution in [-0.4, -0.2) is 54.3 Å². The molecule has 2 heterocycles. The molecule has 2 saturated heterocycles. The number of benzene rings is 4. The summed E-state index contributed by atoms with van der Waals surface area (Å²) in [7, 11) is 0. The van der Waals surface area contributed by atoms with Crippen LogP contribution in [0, 0.1) is 0 Å². The number of cyclic esters (lactones) is 1. The van der Waals surface area contributed by atoms with Crippen LogP contribution in [0.25, 0.3) is 11.1 Å². The van der Waals surface area contributed by atoms with Crippen LogP contribution in [0.1, 0.15) is 28.2 Å². The Hall–Kier alpha value is -4.58. The number of hydrogen-bond acceptors (Lipinski definition) is 4. The summed E-state index contributed by atoms with van der Waals surface area (Å²) in [6, 6.07) is 35.8. The van der Waals surface area contributed by atoms with E-state index in [0.717, 1.165) is 11.1 Å². The van der Waals surface area contributed by atoms with Crippen LogP contribution in [-0.2, 0) is 15.1 Å². The number of rotatable bonds is 4. The first-order valence-electron chi connectivity index (χ1n) is 13.4. The molecule has 4 aromatic rings. The van der Waals surface area contributed by atoms with Gasteiger partial charge in [0.05, 0.1) is 0 Å². The molecule has 3 aliphatic rings. The van der Waals surface area contributed by atoms with E-state index in [0.29, 0.717) is 19.6 Å². The molecule has 6 nitrogen and oxygen atoms in total. The van der Waals surface area contributed by atoms with E-state index in [9.17, 15) is 9.59 Å². The molecule has 39 heavy (non-hydrogen) atoms. The smallest absolute Gasteiger partial charge is 0.411 e. The minimum absolute atomic E-state index is 0.00763. The third kappa shape index (κ3) is 3.70. The minimum atomic E-state index is -1.03. The molecule has 6 heteroatoms. The van der Waals surface area contributed by atoms with E-state index < -0.39 is 5.60 Å². The third-order valence-corrected chi connectivity index (χ3v) is 8.33. The average Bonchev–Trinajstić information content (AvgIpc) is 3.49. The van der Waals surface area contributed by atoms with E-state index in [-0.39, 0.29) is 30.8 Å². The molecule has 2 amide bonds. The quantitative estimate of drug-likeness (QED) is 0.333. The first-order chi connectivity index (χ1) is 19.2. The molecule has 1 aliphatic carbocycles. The summed E-state index contributed by atoms with van der Waals surface area (Å²) < 4.78 is 12.2. The largest absolute Gasteiger partial charge is 0.448 e. The van der Waals surface area contributed by atoms with Crippen molar-refractivity contribution in [3.63, 3.8) is 0 Å². The number of carbonyl (C=O) groups is 2. The normalized spacial score (nSPS) is 19.2. The number of nitrogens with zero attached hydrogens (tertiary/aromatic N) is 2. The fourth-order valence-electron chi connectivity index (χ4n) is 6.51. The summed E-state index contributed by atoms with van der Waals surface area (Å²) >= 11 is 0. The van der Waals surface area contributed by atoms with Crippen molar-refractivity contribution in [3.05, 3.63) is 131 Å². The molecule has 0 N–H and O–H groups in total. The van der Waals surface area contributed by atoms with Gasteiger partial charge in [-0.15, -0.1) is 0 Å². The highest BCUT2D eigenvalue weighted by Crippen LogP contribution is 2.47. The molecule has 1 atom stereocenters. The molecule has 194 valence electrons. The van der Waals surface area contributed by atoms with E-state index in [1.807, 2.05) is 84.9 Å². The van der Waals surface area contributed by atoms with Crippen LogP contribution in [0.4, 0.5) is 9.59 Å². The molecular weight excluding hydrogens is 488 g/mol. The Morgan fingerprint density at radius 2 is 1.31 bits per heavy atom. The van der Waals surface area contributed by atoms with Crippen molar-refractivity contribution < 1.29 is 19.1 Å². The van der Waals surface area contributed by atoms with Crippen LogP contribution in [0.15, 0.2) is 109 Å². The number of piperazine rings is 1. The van der Waals surface area contributed by atoms with Crippen molar-refractivity contribution in [2.45, 2.75) is 17.6 Å². The Kier molecular flexibility index (Phi) is 5.62. The lowest BCUT2D eigenvalue weighted by atomic mass is 9.79. The number of ether oxygens (including phenoxy) is 2. The molecule has 7 rings (SSSR count). The van der Waals surface area contributed by atoms with E-state index in [2.05, 4.69) is 24.3 Å². The summed E-state index contributed by atoms with van der Waals surface area (Å²) in [6.45, 7) is 1.35. The third-order valence-electron chi connectivity index (χ3n) is 8.33. The van der Waals surface area contributed by atoms with Crippen LogP contribution >= 0.6 is 0 Å². The molecule has 0 aromatic heterocycles. The summed E-state index contributed by atoms with van der Waals surface area (Å²) in [5.41, 5.74) is 5.48. The zero-order chi connectivity index (χ0) is 26.4. The van der Waals surface area contributed by atoms with Gasteiger partial charge in [0.2, 0.25) is 0 Å². The maximum absolute atomic E-state index is 13.5. The SMILES string of the molecule is O=C(OCC1c2ccccc2-c2ccccc21)N1CCN2C(=O)OC(c3ccccc3)(c3ccccc3)[C@H]2C1. The standard InChI is InChI=1S/C33H28N2O4/c36-31(38-22-29-27-17-9-7-15-25(27)26-16-8-10-18-28(26)29)34-19-20-35-30(21-34)33(39-32(35)37,23-11-3-1-4-12-23)24-13-5-2-6-14-24/h1-18,29-30H,19-22H2/t30-/m1/s1. The zero-order valence-corrected chi connectivity index (χ0v) is 21.4. The van der Waals surface area contributed by atoms with Gasteiger partial charge in [-0.2, -0.15) is 0 Å². The Bertz CT molecular complexity index is 1450. The molecule has 0 unspecified atom stereocenters. The Labute approximate surface area is 227 Å². The van der Waals surface area contributed by atoms with Crippen molar-refractivity contribution in [1.29, 1.82) is 0 Å². The van der Waals surface area contributed by atoms with Crippen LogP contribution in [0.2, 0.25) is 0 Å². The van der Waals surface area contributed by atoms with Crippen molar-refractivity contribution >= 4 is 12.2 Å². The number of fused-ring (bicyclic) bond motifs is 4. The highest BCUT2D eigenvalue weighted by molar-refractivity contribution is 5.79. The highest BCUT2D eigenvalue weighted by atomic mass is 16.6. The molecule has 0 spiro atoms. The van der Waals surface area contributed by atoms with Crippen LogP contribution < -0.4 is 0 Å². The van der Waals surface area contributed by atoms with Gasteiger partial charge in [-0.1, -0.05) is 109 Å². The monoisotopic (exact) mass is 516 g/mol. The van der Waals surface area contributed by atoms with Gasteiger partial charge in [0.25, 0.3) is 0 Å². The van der Waals surface area contributed by atoms with Gasteiger partial charge in [-0.25, -0.2) is 9.59 Å². The first-order valence-corrected chi connectivity index (χ1v) is 13.4. The summed E-state index contributed by atoms with van der Waals surface area (Å²) in [5, 5.41) is 0. The fraction of sp³-hybridized carbons (Fsp3) is 0.212. The van der Waals surface area contributed by atoms with Gasteiger partial charge in [0, 0.05) is 36.7 Å². The number of hydrogen-bond donors (Lipinski definition) is 0. The van der Waals surface area contributed by atoms with Gasteiger partial charge in [0.15, 0.2) is 5.60 Å². The molecule has 0 bridgehead atoms. The minimum Gasteiger partial charge on any atom is -0.448 e. The van der Waals surface area contributed by atoms with Crippen LogP contribution in [0.3, 0.4) is 0 Å². The van der Waals surface area contributed by atoms with Crippen molar-refractivity contribution in [2.75, 3.05) is 26.2 Å². The second kappa shape index (κ2) is 9.31. The van der Waals surface area contributed by atoms with E-state index in [4.69, 9.17) is 9.47 Å². The van der Waals surface area contributed by atoms with Crippen molar-refractivity contribution in [1.82, 2.24) is 9.80 Å². The molecule has 2 fully saturated rings. The number of carbonyl (C=O) groups excluding carboxylic acids is 2. The first kappa shape index (κ1) is 23.5. The van der Waals surface area contributed by atoms with Gasteiger partial charge < -0.3 is 14.4 Å². The second-order valence-electron chi connectivity index (χ2n) is 10.3. The lowest BCUT2D eigenvalue weighted by Crippen LogP contribution is -2.58. The van der Waals surface area contributed by atoms with Gasteiger partial charge >= 0.3 is 12.2 Å². The number of amides is 2. The predicted molar refractivity (Wildman–Crippen MR) is 147 cm³/mol. The van der Waals surface area contributed by atoms with Crippen LogP contribution in [0.5, 0.6) is 0 Å². The molecule has 4 aromatic carbocycles. The fourth-order valence-corrected chi connectivity index (χ4v) is 6.51. The van der Waals surface area contributed by atoms with Gasteiger partial charge in [0.1, 0.15) is 12.6 Å². The van der Waals surface area contributed by atoms with E-state index in [1.54, 1.807) is 9.80 Å². The molecule has 0 saturated carbocycles. The molecule has 0 radical (unpaired) electrons. The maximum atomic E-state index is 13.5. The predicted octanol–water partition coefficient (Wildman–Crippen LogP) is 6.02. The summed E-state index contributed by atoms with van der Waals surface area (Å²) in [4.78, 5) is 30.1. The molecular formula is C33H28N2O4. The lowest BCUT2D eigenvalue weighted by Gasteiger charge is -2.41. The highest BCUT2D eigenvalue weighted by Gasteiger charge is 2.58. The van der Waals surface area contributed by atoms with Gasteiger partial charge in [-0.05, 0) is 22.3 Å². The zero-order valence-electron chi connectivity index (χ0n) is 21.4. The Morgan fingerprint density at radius 1 is 0.769 bits per heavy atom. The van der Waals surface area contributed by atoms with E-state index in [1.165, 1.54) is 22.3 Å². The average molecular weight is 517 g/mol. The Balaban J connectivity index is 1.16. The summed E-state index contributed by atoms with van der Waals surface area (Å²) in [6.07, 6.45) is -0.731. The maximum Gasteiger partial charge on any atom is 0.411 e. The summed E-state index contributed by atoms with van der Waals surface area (Å²) in [5.74, 6) is -0.00763. The Morgan fingerprint density at radius 3 is 1.90 bits per heavy atom. The van der Waals surface area contributed by atoms with Crippen molar-refractivity contribution in [2.24, 2.45) is 0 Å². The van der Waals surface area contributed by atoms with E-state index >= 15 is 0 Å². The second-order valence-corrected chi connectivity index (χ2v) is 10.3.